The fraction of sp³-hybridized carbons (Fsp3) is 0.667. The fourth-order valence-corrected chi connectivity index (χ4v) is 2.82. The average molecular weight is 350 g/mol. The lowest BCUT2D eigenvalue weighted by atomic mass is 10.0. The Bertz CT molecular complexity index is 514. The highest BCUT2D eigenvalue weighted by Gasteiger charge is 2.12. The van der Waals surface area contributed by atoms with E-state index in [4.69, 9.17) is 9.47 Å². The second-order valence-electron chi connectivity index (χ2n) is 6.20. The molecule has 1 aromatic carbocycles. The number of benzene rings is 1. The Kier molecular flexibility index (Phi) is 10.8. The number of amides is 1. The minimum atomic E-state index is 0.117. The normalized spacial score (nSPS) is 10.6. The molecular weight excluding hydrogens is 314 g/mol. The summed E-state index contributed by atoms with van der Waals surface area (Å²) in [6.07, 6.45) is 6.78. The minimum Gasteiger partial charge on any atom is -0.493 e. The van der Waals surface area contributed by atoms with Gasteiger partial charge in [-0.15, -0.1) is 0 Å². The van der Waals surface area contributed by atoms with E-state index < -0.39 is 0 Å². The summed E-state index contributed by atoms with van der Waals surface area (Å²) in [5.74, 6) is 1.84. The molecule has 0 spiro atoms. The zero-order chi connectivity index (χ0) is 18.5. The summed E-state index contributed by atoms with van der Waals surface area (Å²) in [6.45, 7) is 10.3. The van der Waals surface area contributed by atoms with Crippen LogP contribution in [0.4, 0.5) is 0 Å². The largest absolute Gasteiger partial charge is 0.493 e. The molecular formula is C21H35NO3. The van der Waals surface area contributed by atoms with Gasteiger partial charge in [-0.25, -0.2) is 0 Å². The Morgan fingerprint density at radius 1 is 0.920 bits per heavy atom. The standard InChI is InChI=1S/C21H35NO3/c1-5-9-10-11-14-22-21(23)13-12-18-15-17(6-2)19(24-7-3)16-20(18)25-8-4/h15-16H,5-14H2,1-4H3,(H,22,23). The van der Waals surface area contributed by atoms with Gasteiger partial charge in [-0.05, 0) is 50.3 Å². The molecule has 1 rings (SSSR count). The molecule has 0 aliphatic carbocycles. The van der Waals surface area contributed by atoms with Crippen molar-refractivity contribution >= 4 is 5.91 Å². The van der Waals surface area contributed by atoms with E-state index in [1.54, 1.807) is 0 Å². The first-order chi connectivity index (χ1) is 12.2. The van der Waals surface area contributed by atoms with Gasteiger partial charge >= 0.3 is 0 Å². The number of aryl methyl sites for hydroxylation is 2. The van der Waals surface area contributed by atoms with Gasteiger partial charge in [0.05, 0.1) is 13.2 Å². The number of nitrogens with one attached hydrogen (secondary N) is 1. The van der Waals surface area contributed by atoms with Gasteiger partial charge in [0.25, 0.3) is 0 Å². The van der Waals surface area contributed by atoms with E-state index in [2.05, 4.69) is 25.2 Å². The quantitative estimate of drug-likeness (QED) is 0.526. The summed E-state index contributed by atoms with van der Waals surface area (Å²) in [5, 5.41) is 3.02. The molecule has 0 atom stereocenters. The molecule has 0 radical (unpaired) electrons. The molecule has 0 aliphatic heterocycles. The highest BCUT2D eigenvalue weighted by atomic mass is 16.5. The van der Waals surface area contributed by atoms with E-state index in [-0.39, 0.29) is 5.91 Å². The van der Waals surface area contributed by atoms with E-state index in [0.717, 1.165) is 36.4 Å². The molecule has 1 N–H and O–H groups in total. The number of hydrogen-bond acceptors (Lipinski definition) is 3. The molecule has 0 fully saturated rings. The molecule has 4 nitrogen and oxygen atoms in total. The van der Waals surface area contributed by atoms with Gasteiger partial charge in [0.1, 0.15) is 11.5 Å². The third-order valence-corrected chi connectivity index (χ3v) is 4.20. The van der Waals surface area contributed by atoms with Gasteiger partial charge in [-0.2, -0.15) is 0 Å². The predicted octanol–water partition coefficient (Wildman–Crippen LogP) is 4.68. The van der Waals surface area contributed by atoms with Crippen LogP contribution in [0.3, 0.4) is 0 Å². The van der Waals surface area contributed by atoms with Gasteiger partial charge in [0.15, 0.2) is 0 Å². The Morgan fingerprint density at radius 2 is 1.60 bits per heavy atom. The lowest BCUT2D eigenvalue weighted by molar-refractivity contribution is -0.121. The van der Waals surface area contributed by atoms with Gasteiger partial charge in [-0.1, -0.05) is 33.1 Å². The molecule has 1 amide bonds. The number of unbranched alkanes of at least 4 members (excludes halogenated alkanes) is 3. The lowest BCUT2D eigenvalue weighted by Crippen LogP contribution is -2.24. The molecule has 142 valence electrons. The zero-order valence-corrected chi connectivity index (χ0v) is 16.5. The highest BCUT2D eigenvalue weighted by Crippen LogP contribution is 2.31. The van der Waals surface area contributed by atoms with Crippen molar-refractivity contribution in [2.45, 2.75) is 72.6 Å². The Labute approximate surface area is 153 Å². The van der Waals surface area contributed by atoms with Crippen LogP contribution in [0.25, 0.3) is 0 Å². The first kappa shape index (κ1) is 21.3. The van der Waals surface area contributed by atoms with Crippen molar-refractivity contribution < 1.29 is 14.3 Å². The van der Waals surface area contributed by atoms with E-state index in [9.17, 15) is 4.79 Å². The minimum absolute atomic E-state index is 0.117. The van der Waals surface area contributed by atoms with Crippen molar-refractivity contribution in [1.82, 2.24) is 5.32 Å². The molecule has 0 unspecified atom stereocenters. The first-order valence-corrected chi connectivity index (χ1v) is 9.84. The van der Waals surface area contributed by atoms with Crippen LogP contribution in [-0.4, -0.2) is 25.7 Å². The van der Waals surface area contributed by atoms with Crippen molar-refractivity contribution in [3.63, 3.8) is 0 Å². The zero-order valence-electron chi connectivity index (χ0n) is 16.5. The van der Waals surface area contributed by atoms with Crippen LogP contribution in [0.5, 0.6) is 11.5 Å². The monoisotopic (exact) mass is 349 g/mol. The van der Waals surface area contributed by atoms with Crippen molar-refractivity contribution in [1.29, 1.82) is 0 Å². The maximum absolute atomic E-state index is 12.1. The molecule has 0 saturated heterocycles. The van der Waals surface area contributed by atoms with Crippen LogP contribution >= 0.6 is 0 Å². The molecule has 0 heterocycles. The van der Waals surface area contributed by atoms with Crippen LogP contribution in [0.1, 0.15) is 70.9 Å². The lowest BCUT2D eigenvalue weighted by Gasteiger charge is -2.16. The molecule has 0 bridgehead atoms. The Balaban J connectivity index is 2.64. The van der Waals surface area contributed by atoms with E-state index in [1.807, 2.05) is 19.9 Å². The second kappa shape index (κ2) is 12.6. The number of carbonyl (C=O) groups is 1. The number of carbonyl (C=O) groups excluding carboxylic acids is 1. The highest BCUT2D eigenvalue weighted by molar-refractivity contribution is 5.76. The molecule has 0 aliphatic rings. The molecule has 4 heteroatoms. The fourth-order valence-electron chi connectivity index (χ4n) is 2.82. The number of rotatable bonds is 13. The van der Waals surface area contributed by atoms with Gasteiger partial charge in [0, 0.05) is 19.0 Å². The average Bonchev–Trinajstić information content (AvgIpc) is 2.61. The SMILES string of the molecule is CCCCCCNC(=O)CCc1cc(CC)c(OCC)cc1OCC. The van der Waals surface area contributed by atoms with Crippen molar-refractivity contribution in [3.05, 3.63) is 23.3 Å². The van der Waals surface area contributed by atoms with Crippen LogP contribution in [-0.2, 0) is 17.6 Å². The topological polar surface area (TPSA) is 47.6 Å². The van der Waals surface area contributed by atoms with Crippen LogP contribution in [0.15, 0.2) is 12.1 Å². The molecule has 25 heavy (non-hydrogen) atoms. The summed E-state index contributed by atoms with van der Waals surface area (Å²) in [6, 6.07) is 4.11. The molecule has 0 aromatic heterocycles. The van der Waals surface area contributed by atoms with Crippen LogP contribution < -0.4 is 14.8 Å². The van der Waals surface area contributed by atoms with E-state index in [1.165, 1.54) is 24.8 Å². The van der Waals surface area contributed by atoms with Crippen molar-refractivity contribution in [3.8, 4) is 11.5 Å². The van der Waals surface area contributed by atoms with E-state index in [0.29, 0.717) is 26.1 Å². The smallest absolute Gasteiger partial charge is 0.220 e. The van der Waals surface area contributed by atoms with Crippen LogP contribution in [0.2, 0.25) is 0 Å². The van der Waals surface area contributed by atoms with E-state index >= 15 is 0 Å². The van der Waals surface area contributed by atoms with Crippen LogP contribution in [0, 0.1) is 0 Å². The predicted molar refractivity (Wildman–Crippen MR) is 104 cm³/mol. The number of hydrogen-bond donors (Lipinski definition) is 1. The Hall–Kier alpha value is -1.71. The molecule has 0 saturated carbocycles. The van der Waals surface area contributed by atoms with Gasteiger partial charge in [-0.3, -0.25) is 4.79 Å². The summed E-state index contributed by atoms with van der Waals surface area (Å²) >= 11 is 0. The summed E-state index contributed by atoms with van der Waals surface area (Å²) < 4.78 is 11.5. The first-order valence-electron chi connectivity index (χ1n) is 9.84. The number of ether oxygens (including phenoxy) is 2. The summed E-state index contributed by atoms with van der Waals surface area (Å²) in [7, 11) is 0. The van der Waals surface area contributed by atoms with Gasteiger partial charge in [0.2, 0.25) is 5.91 Å². The van der Waals surface area contributed by atoms with Gasteiger partial charge < -0.3 is 14.8 Å². The van der Waals surface area contributed by atoms with Crippen molar-refractivity contribution in [2.24, 2.45) is 0 Å². The Morgan fingerprint density at radius 3 is 2.20 bits per heavy atom. The maximum atomic E-state index is 12.1. The summed E-state index contributed by atoms with van der Waals surface area (Å²) in [4.78, 5) is 12.1. The van der Waals surface area contributed by atoms with Crippen molar-refractivity contribution in [2.75, 3.05) is 19.8 Å². The summed E-state index contributed by atoms with van der Waals surface area (Å²) in [5.41, 5.74) is 2.25. The second-order valence-corrected chi connectivity index (χ2v) is 6.20. The third-order valence-electron chi connectivity index (χ3n) is 4.20. The maximum Gasteiger partial charge on any atom is 0.220 e. The molecule has 1 aromatic rings. The third kappa shape index (κ3) is 7.80.